The van der Waals surface area contributed by atoms with Gasteiger partial charge < -0.3 is 9.64 Å². The van der Waals surface area contributed by atoms with Crippen LogP contribution in [-0.4, -0.2) is 29.5 Å². The van der Waals surface area contributed by atoms with E-state index in [-0.39, 0.29) is 11.6 Å². The van der Waals surface area contributed by atoms with Gasteiger partial charge in [-0.05, 0) is 37.8 Å². The van der Waals surface area contributed by atoms with Gasteiger partial charge in [-0.3, -0.25) is 4.99 Å². The van der Waals surface area contributed by atoms with E-state index in [0.717, 1.165) is 13.1 Å². The van der Waals surface area contributed by atoms with Crippen LogP contribution < -0.4 is 0 Å². The Morgan fingerprint density at radius 1 is 1.19 bits per heavy atom. The monoisotopic (exact) mass is 288 g/mol. The van der Waals surface area contributed by atoms with Gasteiger partial charge in [0.25, 0.3) is 0 Å². The minimum atomic E-state index is -0.105. The van der Waals surface area contributed by atoms with Crippen LogP contribution in [0, 0.1) is 5.92 Å². The van der Waals surface area contributed by atoms with Crippen LogP contribution in [0.3, 0.4) is 0 Å². The molecule has 21 heavy (non-hydrogen) atoms. The lowest BCUT2D eigenvalue weighted by Gasteiger charge is -2.25. The van der Waals surface area contributed by atoms with E-state index in [4.69, 9.17) is 9.73 Å². The normalized spacial score (nSPS) is 16.8. The van der Waals surface area contributed by atoms with Crippen LogP contribution in [0.5, 0.6) is 0 Å². The maximum absolute atomic E-state index is 5.90. The molecule has 0 radical (unpaired) electrons. The van der Waals surface area contributed by atoms with Crippen molar-refractivity contribution in [3.8, 4) is 0 Å². The highest BCUT2D eigenvalue weighted by atomic mass is 16.5. The lowest BCUT2D eigenvalue weighted by molar-refractivity contribution is -0.0145. The van der Waals surface area contributed by atoms with Gasteiger partial charge in [0.1, 0.15) is 0 Å². The summed E-state index contributed by atoms with van der Waals surface area (Å²) in [6.07, 6.45) is 2.01. The van der Waals surface area contributed by atoms with Gasteiger partial charge in [-0.1, -0.05) is 38.1 Å². The Hall–Kier alpha value is -1.35. The molecule has 3 nitrogen and oxygen atoms in total. The molecule has 2 rings (SSSR count). The van der Waals surface area contributed by atoms with Crippen LogP contribution in [0.4, 0.5) is 0 Å². The molecular weight excluding hydrogens is 260 g/mol. The van der Waals surface area contributed by atoms with Gasteiger partial charge in [0.15, 0.2) is 0 Å². The van der Waals surface area contributed by atoms with E-state index in [2.05, 4.69) is 63.8 Å². The number of benzene rings is 1. The van der Waals surface area contributed by atoms with Crippen molar-refractivity contribution in [3.05, 3.63) is 35.4 Å². The zero-order chi connectivity index (χ0) is 15.5. The molecule has 0 aliphatic carbocycles. The Kier molecular flexibility index (Phi) is 5.04. The molecule has 0 saturated heterocycles. The van der Waals surface area contributed by atoms with Crippen LogP contribution >= 0.6 is 0 Å². The second kappa shape index (κ2) is 6.61. The first-order valence-corrected chi connectivity index (χ1v) is 7.83. The number of hydrogen-bond donors (Lipinski definition) is 0. The van der Waals surface area contributed by atoms with Gasteiger partial charge >= 0.3 is 0 Å². The number of rotatable bonds is 5. The highest BCUT2D eigenvalue weighted by Crippen LogP contribution is 2.21. The molecule has 0 bridgehead atoms. The fourth-order valence-electron chi connectivity index (χ4n) is 2.36. The molecule has 0 unspecified atom stereocenters. The molecule has 0 spiro atoms. The zero-order valence-electron chi connectivity index (χ0n) is 14.0. The zero-order valence-corrected chi connectivity index (χ0v) is 14.0. The molecule has 0 aromatic heterocycles. The van der Waals surface area contributed by atoms with Gasteiger partial charge in [0, 0.05) is 13.1 Å². The summed E-state index contributed by atoms with van der Waals surface area (Å²) in [6, 6.07) is 8.83. The number of aliphatic imine (C=N–C) groups is 1. The molecule has 1 heterocycles. The molecule has 1 aromatic carbocycles. The summed E-state index contributed by atoms with van der Waals surface area (Å²) in [5.41, 5.74) is 2.72. The van der Waals surface area contributed by atoms with E-state index in [1.165, 1.54) is 11.1 Å². The topological polar surface area (TPSA) is 24.8 Å². The first-order valence-electron chi connectivity index (χ1n) is 7.83. The Balaban J connectivity index is 1.92. The lowest BCUT2D eigenvalue weighted by Crippen LogP contribution is -2.29. The highest BCUT2D eigenvalue weighted by molar-refractivity contribution is 5.57. The lowest BCUT2D eigenvalue weighted by atomic mass is 10.1. The summed E-state index contributed by atoms with van der Waals surface area (Å²) in [7, 11) is 0. The summed E-state index contributed by atoms with van der Waals surface area (Å²) in [4.78, 5) is 7.04. The van der Waals surface area contributed by atoms with Crippen molar-refractivity contribution in [2.45, 2.75) is 59.4 Å². The standard InChI is InChI=1S/C18H28N2O/c1-14(2)17(12-21-18(3,4)5)19-13-20-10-15-8-6-7-9-16(15)11-20/h6-9,13-14,17H,10-12H2,1-5H3/t17-/m0/s1. The Morgan fingerprint density at radius 2 is 1.76 bits per heavy atom. The minimum Gasteiger partial charge on any atom is -0.374 e. The van der Waals surface area contributed by atoms with E-state index < -0.39 is 0 Å². The molecule has 0 saturated carbocycles. The third-order valence-corrected chi connectivity index (χ3v) is 3.74. The molecule has 0 N–H and O–H groups in total. The molecule has 116 valence electrons. The second-order valence-corrected chi connectivity index (χ2v) is 7.17. The first-order chi connectivity index (χ1) is 9.85. The number of hydrogen-bond acceptors (Lipinski definition) is 2. The predicted molar refractivity (Wildman–Crippen MR) is 88.5 cm³/mol. The third-order valence-electron chi connectivity index (χ3n) is 3.74. The maximum atomic E-state index is 5.90. The highest BCUT2D eigenvalue weighted by Gasteiger charge is 2.19. The van der Waals surface area contributed by atoms with Gasteiger partial charge in [0.2, 0.25) is 0 Å². The second-order valence-electron chi connectivity index (χ2n) is 7.17. The fraction of sp³-hybridized carbons (Fsp3) is 0.611. The quantitative estimate of drug-likeness (QED) is 0.607. The Morgan fingerprint density at radius 3 is 2.24 bits per heavy atom. The van der Waals surface area contributed by atoms with Crippen molar-refractivity contribution >= 4 is 6.34 Å². The summed E-state index contributed by atoms with van der Waals surface area (Å²) in [5, 5.41) is 0. The SMILES string of the molecule is CC(C)[C@H](COC(C)(C)C)N=CN1Cc2ccccc2C1. The van der Waals surface area contributed by atoms with Gasteiger partial charge in [-0.15, -0.1) is 0 Å². The molecule has 0 fully saturated rings. The van der Waals surface area contributed by atoms with Crippen LogP contribution in [-0.2, 0) is 17.8 Å². The van der Waals surface area contributed by atoms with E-state index in [0.29, 0.717) is 12.5 Å². The Bertz CT molecular complexity index is 463. The molecule has 3 heteroatoms. The predicted octanol–water partition coefficient (Wildman–Crippen LogP) is 3.87. The average molecular weight is 288 g/mol. The molecule has 1 aromatic rings. The van der Waals surface area contributed by atoms with Crippen molar-refractivity contribution in [1.29, 1.82) is 0 Å². The van der Waals surface area contributed by atoms with E-state index in [9.17, 15) is 0 Å². The van der Waals surface area contributed by atoms with Gasteiger partial charge in [-0.2, -0.15) is 0 Å². The minimum absolute atomic E-state index is 0.105. The van der Waals surface area contributed by atoms with Crippen LogP contribution in [0.25, 0.3) is 0 Å². The number of nitrogens with zero attached hydrogens (tertiary/aromatic N) is 2. The van der Waals surface area contributed by atoms with Crippen molar-refractivity contribution < 1.29 is 4.74 Å². The van der Waals surface area contributed by atoms with E-state index in [1.807, 2.05) is 6.34 Å². The van der Waals surface area contributed by atoms with Gasteiger partial charge in [0.05, 0.1) is 24.6 Å². The molecule has 1 aliphatic rings. The summed E-state index contributed by atoms with van der Waals surface area (Å²) in [6.45, 7) is 13.3. The maximum Gasteiger partial charge on any atom is 0.0860 e. The molecule has 1 aliphatic heterocycles. The molecule has 1 atom stereocenters. The first kappa shape index (κ1) is 16.0. The average Bonchev–Trinajstić information content (AvgIpc) is 2.79. The van der Waals surface area contributed by atoms with Crippen molar-refractivity contribution in [1.82, 2.24) is 4.90 Å². The smallest absolute Gasteiger partial charge is 0.0860 e. The third kappa shape index (κ3) is 4.85. The van der Waals surface area contributed by atoms with Crippen molar-refractivity contribution in [2.24, 2.45) is 10.9 Å². The van der Waals surface area contributed by atoms with Crippen molar-refractivity contribution in [2.75, 3.05) is 6.61 Å². The molecular formula is C18H28N2O. The van der Waals surface area contributed by atoms with E-state index >= 15 is 0 Å². The Labute approximate surface area is 129 Å². The van der Waals surface area contributed by atoms with Crippen LogP contribution in [0.2, 0.25) is 0 Å². The molecule has 0 amide bonds. The van der Waals surface area contributed by atoms with Crippen LogP contribution in [0.1, 0.15) is 45.7 Å². The van der Waals surface area contributed by atoms with E-state index in [1.54, 1.807) is 0 Å². The summed E-state index contributed by atoms with van der Waals surface area (Å²) < 4.78 is 5.90. The number of fused-ring (bicyclic) bond motifs is 1. The number of ether oxygens (including phenoxy) is 1. The largest absolute Gasteiger partial charge is 0.374 e. The fourth-order valence-corrected chi connectivity index (χ4v) is 2.36. The van der Waals surface area contributed by atoms with Crippen molar-refractivity contribution in [3.63, 3.8) is 0 Å². The summed E-state index contributed by atoms with van der Waals surface area (Å²) >= 11 is 0. The summed E-state index contributed by atoms with van der Waals surface area (Å²) in [5.74, 6) is 0.480. The van der Waals surface area contributed by atoms with Gasteiger partial charge in [-0.25, -0.2) is 0 Å². The van der Waals surface area contributed by atoms with Crippen LogP contribution in [0.15, 0.2) is 29.3 Å².